The van der Waals surface area contributed by atoms with Crippen LogP contribution in [0.2, 0.25) is 0 Å². The minimum Gasteiger partial charge on any atom is -0.0613 e. The van der Waals surface area contributed by atoms with Crippen LogP contribution in [0.5, 0.6) is 0 Å². The number of hydrogen-bond donors (Lipinski definition) is 0. The minimum atomic E-state index is 0.172. The highest BCUT2D eigenvalue weighted by Gasteiger charge is 2.22. The third kappa shape index (κ3) is 4.75. The van der Waals surface area contributed by atoms with E-state index in [1.54, 1.807) is 0 Å². The molecule has 0 atom stereocenters. The van der Waals surface area contributed by atoms with E-state index in [4.69, 9.17) is 0 Å². The predicted octanol–water partition coefficient (Wildman–Crippen LogP) is 7.00. The van der Waals surface area contributed by atoms with Crippen molar-refractivity contribution >= 4 is 0 Å². The van der Waals surface area contributed by atoms with Crippen molar-refractivity contribution in [3.63, 3.8) is 0 Å². The SMILES string of the molecule is CCc1ccc(Cc2ccc(CC)cc2C(C)(C)C)c(C(C)(C)C)c1. The first-order valence-electron chi connectivity index (χ1n) is 9.80. The monoisotopic (exact) mass is 336 g/mol. The molecule has 0 heteroatoms. The molecular weight excluding hydrogens is 300 g/mol. The van der Waals surface area contributed by atoms with Gasteiger partial charge in [-0.15, -0.1) is 0 Å². The van der Waals surface area contributed by atoms with Crippen molar-refractivity contribution in [3.8, 4) is 0 Å². The van der Waals surface area contributed by atoms with Crippen molar-refractivity contribution in [3.05, 3.63) is 69.8 Å². The molecule has 0 amide bonds. The van der Waals surface area contributed by atoms with Gasteiger partial charge in [0.25, 0.3) is 0 Å². The first-order chi connectivity index (χ1) is 11.6. The Morgan fingerprint density at radius 1 is 0.600 bits per heavy atom. The van der Waals surface area contributed by atoms with Gasteiger partial charge in [-0.25, -0.2) is 0 Å². The molecule has 0 aliphatic rings. The summed E-state index contributed by atoms with van der Waals surface area (Å²) in [5, 5.41) is 0. The minimum absolute atomic E-state index is 0.172. The molecule has 2 aromatic carbocycles. The molecule has 0 aliphatic heterocycles. The summed E-state index contributed by atoms with van der Waals surface area (Å²) in [5.74, 6) is 0. The highest BCUT2D eigenvalue weighted by molar-refractivity contribution is 5.44. The zero-order chi connectivity index (χ0) is 18.8. The number of benzene rings is 2. The van der Waals surface area contributed by atoms with E-state index in [0.29, 0.717) is 0 Å². The molecule has 2 rings (SSSR count). The lowest BCUT2D eigenvalue weighted by Crippen LogP contribution is -2.18. The zero-order valence-electron chi connectivity index (χ0n) is 17.6. The van der Waals surface area contributed by atoms with E-state index in [-0.39, 0.29) is 10.8 Å². The molecule has 0 bridgehead atoms. The molecule has 0 heterocycles. The van der Waals surface area contributed by atoms with Crippen molar-refractivity contribution in [2.24, 2.45) is 0 Å². The maximum absolute atomic E-state index is 2.42. The van der Waals surface area contributed by atoms with Crippen LogP contribution in [0.4, 0.5) is 0 Å². The summed E-state index contributed by atoms with van der Waals surface area (Å²) in [4.78, 5) is 0. The third-order valence-corrected chi connectivity index (χ3v) is 5.16. The second-order valence-electron chi connectivity index (χ2n) is 9.37. The third-order valence-electron chi connectivity index (χ3n) is 5.16. The quantitative estimate of drug-likeness (QED) is 0.564. The number of aryl methyl sites for hydroxylation is 2. The van der Waals surface area contributed by atoms with E-state index >= 15 is 0 Å². The molecule has 0 nitrogen and oxygen atoms in total. The van der Waals surface area contributed by atoms with Crippen LogP contribution in [0.3, 0.4) is 0 Å². The Balaban J connectivity index is 2.53. The lowest BCUT2D eigenvalue weighted by Gasteiger charge is -2.27. The molecule has 0 unspecified atom stereocenters. The Morgan fingerprint density at radius 2 is 0.960 bits per heavy atom. The molecule has 0 fully saturated rings. The summed E-state index contributed by atoms with van der Waals surface area (Å²) in [6.07, 6.45) is 3.22. The lowest BCUT2D eigenvalue weighted by atomic mass is 9.78. The van der Waals surface area contributed by atoms with Gasteiger partial charge in [0.15, 0.2) is 0 Å². The van der Waals surface area contributed by atoms with Crippen LogP contribution >= 0.6 is 0 Å². The van der Waals surface area contributed by atoms with Crippen LogP contribution < -0.4 is 0 Å². The Bertz CT molecular complexity index is 657. The predicted molar refractivity (Wildman–Crippen MR) is 112 cm³/mol. The van der Waals surface area contributed by atoms with Gasteiger partial charge in [0.05, 0.1) is 0 Å². The summed E-state index contributed by atoms with van der Waals surface area (Å²) >= 11 is 0. The number of rotatable bonds is 4. The fraction of sp³-hybridized carbons (Fsp3) is 0.520. The average Bonchev–Trinajstić information content (AvgIpc) is 2.53. The van der Waals surface area contributed by atoms with E-state index < -0.39 is 0 Å². The van der Waals surface area contributed by atoms with E-state index in [2.05, 4.69) is 91.8 Å². The van der Waals surface area contributed by atoms with Crippen LogP contribution in [0.1, 0.15) is 88.8 Å². The highest BCUT2D eigenvalue weighted by Crippen LogP contribution is 2.33. The first kappa shape index (κ1) is 19.8. The van der Waals surface area contributed by atoms with Crippen molar-refractivity contribution in [1.82, 2.24) is 0 Å². The maximum Gasteiger partial charge on any atom is -0.00199 e. The Hall–Kier alpha value is -1.56. The second-order valence-corrected chi connectivity index (χ2v) is 9.37. The molecule has 2 aromatic rings. The molecule has 0 aliphatic carbocycles. The van der Waals surface area contributed by atoms with Crippen molar-refractivity contribution in [2.75, 3.05) is 0 Å². The maximum atomic E-state index is 2.42. The molecule has 0 radical (unpaired) electrons. The first-order valence-corrected chi connectivity index (χ1v) is 9.80. The van der Waals surface area contributed by atoms with Crippen LogP contribution in [0, 0.1) is 0 Å². The smallest absolute Gasteiger partial charge is 0.00199 e. The van der Waals surface area contributed by atoms with Gasteiger partial charge in [-0.3, -0.25) is 0 Å². The van der Waals surface area contributed by atoms with Gasteiger partial charge >= 0.3 is 0 Å². The molecule has 25 heavy (non-hydrogen) atoms. The summed E-state index contributed by atoms with van der Waals surface area (Å²) in [7, 11) is 0. The second kappa shape index (κ2) is 7.36. The van der Waals surface area contributed by atoms with Gasteiger partial charge in [0.2, 0.25) is 0 Å². The van der Waals surface area contributed by atoms with E-state index in [1.165, 1.54) is 33.4 Å². The van der Waals surface area contributed by atoms with Crippen LogP contribution in [0.25, 0.3) is 0 Å². The molecule has 0 aromatic heterocycles. The molecule has 136 valence electrons. The lowest BCUT2D eigenvalue weighted by molar-refractivity contribution is 0.576. The van der Waals surface area contributed by atoms with Gasteiger partial charge in [-0.1, -0.05) is 91.8 Å². The van der Waals surface area contributed by atoms with Crippen LogP contribution in [-0.2, 0) is 30.1 Å². The van der Waals surface area contributed by atoms with Crippen LogP contribution in [0.15, 0.2) is 36.4 Å². The Labute approximate surface area is 155 Å². The Kier molecular flexibility index (Phi) is 5.82. The molecule has 0 saturated heterocycles. The summed E-state index contributed by atoms with van der Waals surface area (Å²) in [5.41, 5.74) is 9.14. The van der Waals surface area contributed by atoms with Gasteiger partial charge in [-0.2, -0.15) is 0 Å². The standard InChI is InChI=1S/C25H36/c1-9-18-11-13-20(22(15-18)24(3,4)5)17-21-14-12-19(10-2)16-23(21)25(6,7)8/h11-16H,9-10,17H2,1-8H3. The number of hydrogen-bond acceptors (Lipinski definition) is 0. The van der Waals surface area contributed by atoms with Gasteiger partial charge in [-0.05, 0) is 63.5 Å². The fourth-order valence-electron chi connectivity index (χ4n) is 3.60. The topological polar surface area (TPSA) is 0 Å². The van der Waals surface area contributed by atoms with Crippen molar-refractivity contribution < 1.29 is 0 Å². The van der Waals surface area contributed by atoms with Gasteiger partial charge < -0.3 is 0 Å². The van der Waals surface area contributed by atoms with E-state index in [0.717, 1.165) is 19.3 Å². The summed E-state index contributed by atoms with van der Waals surface area (Å²) < 4.78 is 0. The Morgan fingerprint density at radius 3 is 1.24 bits per heavy atom. The highest BCUT2D eigenvalue weighted by atomic mass is 14.3. The zero-order valence-corrected chi connectivity index (χ0v) is 17.6. The van der Waals surface area contributed by atoms with Gasteiger partial charge in [0.1, 0.15) is 0 Å². The molecular formula is C25H36. The fourth-order valence-corrected chi connectivity index (χ4v) is 3.60. The van der Waals surface area contributed by atoms with E-state index in [1.807, 2.05) is 0 Å². The largest absolute Gasteiger partial charge is 0.0613 e. The molecule has 0 saturated carbocycles. The van der Waals surface area contributed by atoms with Crippen molar-refractivity contribution in [2.45, 2.75) is 85.5 Å². The average molecular weight is 337 g/mol. The van der Waals surface area contributed by atoms with Crippen molar-refractivity contribution in [1.29, 1.82) is 0 Å². The van der Waals surface area contributed by atoms with E-state index in [9.17, 15) is 0 Å². The van der Waals surface area contributed by atoms with Crippen LogP contribution in [-0.4, -0.2) is 0 Å². The molecule has 0 spiro atoms. The summed E-state index contributed by atoms with van der Waals surface area (Å²) in [6, 6.07) is 14.2. The molecule has 0 N–H and O–H groups in total. The summed E-state index contributed by atoms with van der Waals surface area (Å²) in [6.45, 7) is 18.5. The normalized spacial score (nSPS) is 12.5. The van der Waals surface area contributed by atoms with Gasteiger partial charge in [0, 0.05) is 0 Å².